The van der Waals surface area contributed by atoms with E-state index in [1.807, 2.05) is 0 Å². The zero-order chi connectivity index (χ0) is 21.0. The van der Waals surface area contributed by atoms with Gasteiger partial charge in [-0.05, 0) is 82.0 Å². The smallest absolute Gasteiger partial charge is 0.124 e. The largest absolute Gasteiger partial charge is 0.378 e. The van der Waals surface area contributed by atoms with Crippen molar-refractivity contribution in [1.29, 1.82) is 0 Å². The number of anilines is 1. The third kappa shape index (κ3) is 4.99. The molecule has 0 saturated heterocycles. The number of hydrogen-bond acceptors (Lipinski definition) is 4. The van der Waals surface area contributed by atoms with Crippen molar-refractivity contribution in [3.05, 3.63) is 48.0 Å². The van der Waals surface area contributed by atoms with Gasteiger partial charge in [-0.25, -0.2) is 4.98 Å². The third-order valence-corrected chi connectivity index (χ3v) is 7.30. The van der Waals surface area contributed by atoms with Gasteiger partial charge in [-0.15, -0.1) is 11.3 Å². The number of hydrogen-bond donors (Lipinski definition) is 0. The molecule has 0 fully saturated rings. The van der Waals surface area contributed by atoms with Gasteiger partial charge < -0.3 is 9.64 Å². The molecule has 0 aliphatic rings. The predicted molar refractivity (Wildman–Crippen MR) is 127 cm³/mol. The fourth-order valence-corrected chi connectivity index (χ4v) is 4.54. The molecular formula is C25H34N2OS. The summed E-state index contributed by atoms with van der Waals surface area (Å²) in [5.41, 5.74) is 4.85. The van der Waals surface area contributed by atoms with Crippen LogP contribution in [0.2, 0.25) is 0 Å². The van der Waals surface area contributed by atoms with Crippen LogP contribution in [0, 0.1) is 6.92 Å². The molecule has 0 aliphatic carbocycles. The van der Waals surface area contributed by atoms with Crippen molar-refractivity contribution in [2.45, 2.75) is 65.5 Å². The van der Waals surface area contributed by atoms with E-state index >= 15 is 0 Å². The Labute approximate surface area is 179 Å². The molecule has 0 N–H and O–H groups in total. The van der Waals surface area contributed by atoms with E-state index < -0.39 is 0 Å². The number of nitrogens with zero attached hydrogens (tertiary/aromatic N) is 2. The quantitative estimate of drug-likeness (QED) is 0.377. The zero-order valence-corrected chi connectivity index (χ0v) is 19.5. The van der Waals surface area contributed by atoms with E-state index in [4.69, 9.17) is 9.72 Å². The van der Waals surface area contributed by atoms with Crippen molar-refractivity contribution in [1.82, 2.24) is 4.98 Å². The highest BCUT2D eigenvalue weighted by Crippen LogP contribution is 2.33. The molecular weight excluding hydrogens is 376 g/mol. The van der Waals surface area contributed by atoms with Crippen molar-refractivity contribution >= 4 is 27.2 Å². The molecule has 0 saturated carbocycles. The molecule has 156 valence electrons. The fraction of sp³-hybridized carbons (Fsp3) is 0.480. The molecule has 3 rings (SSSR count). The van der Waals surface area contributed by atoms with Gasteiger partial charge in [0.05, 0.1) is 16.3 Å². The Balaban J connectivity index is 1.74. The fourth-order valence-electron chi connectivity index (χ4n) is 3.47. The summed E-state index contributed by atoms with van der Waals surface area (Å²) in [6.45, 7) is 11.8. The van der Waals surface area contributed by atoms with E-state index in [1.54, 1.807) is 11.3 Å². The number of aryl methyl sites for hydroxylation is 1. The van der Waals surface area contributed by atoms with Crippen LogP contribution in [0.4, 0.5) is 5.69 Å². The minimum Gasteiger partial charge on any atom is -0.378 e. The first kappa shape index (κ1) is 21.8. The van der Waals surface area contributed by atoms with Gasteiger partial charge in [-0.3, -0.25) is 0 Å². The Hall–Kier alpha value is -1.91. The summed E-state index contributed by atoms with van der Waals surface area (Å²) < 4.78 is 7.21. The molecule has 4 heteroatoms. The van der Waals surface area contributed by atoms with Crippen LogP contribution in [0.15, 0.2) is 42.5 Å². The number of rotatable bonds is 9. The van der Waals surface area contributed by atoms with Crippen LogP contribution in [0.25, 0.3) is 20.8 Å². The molecule has 0 radical (unpaired) electrons. The maximum Gasteiger partial charge on any atom is 0.124 e. The Morgan fingerprint density at radius 3 is 2.52 bits per heavy atom. The highest BCUT2D eigenvalue weighted by atomic mass is 32.1. The van der Waals surface area contributed by atoms with E-state index in [-0.39, 0.29) is 5.54 Å². The minimum atomic E-state index is 0.0718. The van der Waals surface area contributed by atoms with Crippen LogP contribution >= 0.6 is 11.3 Å². The Morgan fingerprint density at radius 2 is 1.86 bits per heavy atom. The van der Waals surface area contributed by atoms with Gasteiger partial charge in [-0.2, -0.15) is 0 Å². The van der Waals surface area contributed by atoms with Crippen LogP contribution in [0.3, 0.4) is 0 Å². The highest BCUT2D eigenvalue weighted by Gasteiger charge is 2.27. The molecule has 3 aromatic rings. The van der Waals surface area contributed by atoms with Crippen LogP contribution in [-0.2, 0) is 4.74 Å². The lowest BCUT2D eigenvalue weighted by Crippen LogP contribution is -2.44. The van der Waals surface area contributed by atoms with E-state index in [0.29, 0.717) is 6.10 Å². The van der Waals surface area contributed by atoms with Crippen LogP contribution < -0.4 is 4.90 Å². The summed E-state index contributed by atoms with van der Waals surface area (Å²) >= 11 is 1.76. The van der Waals surface area contributed by atoms with Gasteiger partial charge in [0, 0.05) is 30.4 Å². The first-order valence-corrected chi connectivity index (χ1v) is 11.5. The zero-order valence-electron chi connectivity index (χ0n) is 18.7. The maximum atomic E-state index is 5.96. The molecule has 0 spiro atoms. The van der Waals surface area contributed by atoms with Gasteiger partial charge in [0.2, 0.25) is 0 Å². The first-order chi connectivity index (χ1) is 13.9. The van der Waals surface area contributed by atoms with Crippen molar-refractivity contribution in [3.63, 3.8) is 0 Å². The van der Waals surface area contributed by atoms with Crippen molar-refractivity contribution in [2.24, 2.45) is 0 Å². The summed E-state index contributed by atoms with van der Waals surface area (Å²) in [6.07, 6.45) is 3.49. The number of benzene rings is 2. The highest BCUT2D eigenvalue weighted by molar-refractivity contribution is 7.21. The lowest BCUT2D eigenvalue weighted by Gasteiger charge is -2.40. The summed E-state index contributed by atoms with van der Waals surface area (Å²) in [4.78, 5) is 7.22. The molecule has 2 unspecified atom stereocenters. The SMILES string of the molecule is CCC(C)OCCC(C)(CC)N(C)c1ccc(-c2nc3ccc(C)cc3s2)cc1. The normalized spacial score (nSPS) is 14.7. The Bertz CT molecular complexity index is 934. The topological polar surface area (TPSA) is 25.4 Å². The lowest BCUT2D eigenvalue weighted by molar-refractivity contribution is 0.0515. The summed E-state index contributed by atoms with van der Waals surface area (Å²) in [5.74, 6) is 0. The van der Waals surface area contributed by atoms with Gasteiger partial charge in [0.25, 0.3) is 0 Å². The second-order valence-electron chi connectivity index (χ2n) is 8.29. The van der Waals surface area contributed by atoms with Crippen LogP contribution in [-0.4, -0.2) is 30.3 Å². The van der Waals surface area contributed by atoms with Crippen molar-refractivity contribution < 1.29 is 4.74 Å². The molecule has 1 heterocycles. The van der Waals surface area contributed by atoms with Gasteiger partial charge in [0.15, 0.2) is 0 Å². The van der Waals surface area contributed by atoms with Gasteiger partial charge >= 0.3 is 0 Å². The van der Waals surface area contributed by atoms with Crippen molar-refractivity contribution in [3.8, 4) is 10.6 Å². The average molecular weight is 411 g/mol. The van der Waals surface area contributed by atoms with E-state index in [9.17, 15) is 0 Å². The number of thiazole rings is 1. The molecule has 1 aromatic heterocycles. The third-order valence-electron chi connectivity index (χ3n) is 6.23. The van der Waals surface area contributed by atoms with E-state index in [0.717, 1.165) is 36.4 Å². The first-order valence-electron chi connectivity index (χ1n) is 10.7. The van der Waals surface area contributed by atoms with E-state index in [2.05, 4.69) is 89.0 Å². The molecule has 2 aromatic carbocycles. The summed E-state index contributed by atoms with van der Waals surface area (Å²) in [6, 6.07) is 15.3. The minimum absolute atomic E-state index is 0.0718. The summed E-state index contributed by atoms with van der Waals surface area (Å²) in [7, 11) is 2.20. The van der Waals surface area contributed by atoms with Crippen molar-refractivity contribution in [2.75, 3.05) is 18.6 Å². The number of ether oxygens (including phenoxy) is 1. The second-order valence-corrected chi connectivity index (χ2v) is 9.32. The van der Waals surface area contributed by atoms with Gasteiger partial charge in [0.1, 0.15) is 5.01 Å². The molecule has 2 atom stereocenters. The monoisotopic (exact) mass is 410 g/mol. The summed E-state index contributed by atoms with van der Waals surface area (Å²) in [5, 5.41) is 1.08. The molecule has 0 amide bonds. The molecule has 29 heavy (non-hydrogen) atoms. The number of aromatic nitrogens is 1. The standard InChI is InChI=1S/C25H34N2OS/c1-7-19(4)28-16-15-25(5,8-2)27(6)21-12-10-20(11-13-21)24-26-22-14-9-18(3)17-23(22)29-24/h9-14,17,19H,7-8,15-16H2,1-6H3. The Kier molecular flexibility index (Phi) is 6.97. The predicted octanol–water partition coefficient (Wildman–Crippen LogP) is 7.08. The van der Waals surface area contributed by atoms with E-state index in [1.165, 1.54) is 21.5 Å². The van der Waals surface area contributed by atoms with Crippen LogP contribution in [0.5, 0.6) is 0 Å². The maximum absolute atomic E-state index is 5.96. The Morgan fingerprint density at radius 1 is 1.14 bits per heavy atom. The van der Waals surface area contributed by atoms with Gasteiger partial charge in [-0.1, -0.05) is 19.9 Å². The number of fused-ring (bicyclic) bond motifs is 1. The average Bonchev–Trinajstić information content (AvgIpc) is 3.16. The molecule has 3 nitrogen and oxygen atoms in total. The van der Waals surface area contributed by atoms with Crippen LogP contribution in [0.1, 0.15) is 52.5 Å². The second kappa shape index (κ2) is 9.27. The lowest BCUT2D eigenvalue weighted by atomic mass is 9.92. The molecule has 0 bridgehead atoms. The molecule has 0 aliphatic heterocycles.